The maximum Gasteiger partial charge on any atom is 0.432 e. The van der Waals surface area contributed by atoms with Gasteiger partial charge in [0.2, 0.25) is 0 Å². The van der Waals surface area contributed by atoms with E-state index in [2.05, 4.69) is 19.1 Å². The van der Waals surface area contributed by atoms with Crippen LogP contribution in [0.1, 0.15) is 44.4 Å². The first-order valence-electron chi connectivity index (χ1n) is 6.67. The molecule has 0 heterocycles. The fraction of sp³-hybridized carbons (Fsp3) is 0.600. The Bertz CT molecular complexity index is 413. The second kappa shape index (κ2) is 7.11. The van der Waals surface area contributed by atoms with E-state index in [9.17, 15) is 5.11 Å². The van der Waals surface area contributed by atoms with Crippen LogP contribution in [0.2, 0.25) is 0 Å². The number of aryl methyl sites for hydroxylation is 3. The van der Waals surface area contributed by atoms with Crippen LogP contribution in [0.25, 0.3) is 0 Å². The Morgan fingerprint density at radius 2 is 1.30 bits per heavy atom. The van der Waals surface area contributed by atoms with Crippen LogP contribution < -0.4 is 4.74 Å². The third-order valence-corrected chi connectivity index (χ3v) is 3.44. The highest BCUT2D eigenvalue weighted by molar-refractivity contribution is 6.13. The molecule has 114 valence electrons. The molecule has 5 heteroatoms. The summed E-state index contributed by atoms with van der Waals surface area (Å²) in [4.78, 5) is 0. The van der Waals surface area contributed by atoms with Gasteiger partial charge in [0.15, 0.2) is 0 Å². The Labute approximate surface area is 122 Å². The van der Waals surface area contributed by atoms with Crippen molar-refractivity contribution in [1.82, 2.24) is 0 Å². The minimum atomic E-state index is -0.892. The molecule has 0 unspecified atom stereocenters. The maximum atomic E-state index is 10.1. The van der Waals surface area contributed by atoms with Crippen LogP contribution in [0, 0.1) is 20.8 Å². The van der Waals surface area contributed by atoms with Gasteiger partial charge in [0.25, 0.3) is 0 Å². The molecule has 1 aromatic rings. The lowest BCUT2D eigenvalue weighted by Gasteiger charge is -2.38. The van der Waals surface area contributed by atoms with E-state index in [4.69, 9.17) is 14.8 Å². The summed E-state index contributed by atoms with van der Waals surface area (Å²) < 4.78 is 6.03. The summed E-state index contributed by atoms with van der Waals surface area (Å²) in [5.74, 6) is 0.878. The van der Waals surface area contributed by atoms with E-state index >= 15 is 0 Å². The molecule has 3 N–H and O–H groups in total. The van der Waals surface area contributed by atoms with Crippen molar-refractivity contribution in [1.29, 1.82) is 0 Å². The van der Waals surface area contributed by atoms with Crippen LogP contribution >= 0.6 is 0 Å². The topological polar surface area (TPSA) is 69.9 Å². The molecule has 1 aromatic carbocycles. The highest BCUT2D eigenvalue weighted by Gasteiger charge is 2.37. The molecule has 0 saturated carbocycles. The zero-order chi connectivity index (χ0) is 16.1. The molecule has 0 radical (unpaired) electrons. The highest BCUT2D eigenvalue weighted by Crippen LogP contribution is 2.32. The Morgan fingerprint density at radius 3 is 1.60 bits per heavy atom. The number of aliphatic hydroxyl groups is 1. The molecule has 0 saturated heterocycles. The zero-order valence-electron chi connectivity index (χ0n) is 13.6. The van der Waals surface area contributed by atoms with Crippen molar-refractivity contribution in [2.75, 3.05) is 0 Å². The number of hydrogen-bond acceptors (Lipinski definition) is 4. The van der Waals surface area contributed by atoms with E-state index in [1.54, 1.807) is 13.8 Å². The smallest absolute Gasteiger partial charge is 0.432 e. The predicted molar refractivity (Wildman–Crippen MR) is 83.2 cm³/mol. The van der Waals surface area contributed by atoms with Crippen molar-refractivity contribution in [2.24, 2.45) is 0 Å². The minimum Gasteiger partial charge on any atom is -0.484 e. The van der Waals surface area contributed by atoms with E-state index < -0.39 is 18.9 Å². The van der Waals surface area contributed by atoms with E-state index in [0.717, 1.165) is 16.9 Å². The van der Waals surface area contributed by atoms with E-state index in [0.29, 0.717) is 0 Å². The van der Waals surface area contributed by atoms with Crippen molar-refractivity contribution >= 4 is 7.69 Å². The first-order chi connectivity index (χ1) is 8.96. The van der Waals surface area contributed by atoms with E-state index in [-0.39, 0.29) is 0 Å². The van der Waals surface area contributed by atoms with Crippen LogP contribution in [-0.4, -0.2) is 34.0 Å². The summed E-state index contributed by atoms with van der Waals surface area (Å²) in [6.45, 7) is 13.5. The monoisotopic (exact) mass is 282 g/mol. The fourth-order valence-corrected chi connectivity index (χ4v) is 1.71. The Morgan fingerprint density at radius 1 is 0.950 bits per heavy atom. The quantitative estimate of drug-likeness (QED) is 0.739. The number of hydrogen-bond donors (Lipinski definition) is 3. The van der Waals surface area contributed by atoms with Gasteiger partial charge in [-0.1, -0.05) is 17.7 Å². The molecule has 0 aliphatic carbocycles. The predicted octanol–water partition coefficient (Wildman–Crippen LogP) is 1.78. The number of rotatable bonds is 3. The second-order valence-corrected chi connectivity index (χ2v) is 6.04. The molecule has 0 amide bonds. The van der Waals surface area contributed by atoms with Gasteiger partial charge >= 0.3 is 7.69 Å². The average molecular weight is 282 g/mol. The molecular formula is C15H27BO4. The molecule has 0 aromatic heterocycles. The SMILES string of the molecule is Cc1cc(C)c(OC(C)(C)C(C)(C)O)c(C)c1.OBO. The summed E-state index contributed by atoms with van der Waals surface area (Å²) in [5.41, 5.74) is 1.93. The minimum absolute atomic E-state index is 0.627. The molecular weight excluding hydrogens is 255 g/mol. The van der Waals surface area contributed by atoms with Crippen LogP contribution in [-0.2, 0) is 0 Å². The third-order valence-electron chi connectivity index (χ3n) is 3.44. The van der Waals surface area contributed by atoms with Gasteiger partial charge in [0.1, 0.15) is 11.4 Å². The van der Waals surface area contributed by atoms with Gasteiger partial charge in [-0.15, -0.1) is 0 Å². The normalized spacial score (nSPS) is 11.5. The first-order valence-corrected chi connectivity index (χ1v) is 6.67. The molecule has 0 bridgehead atoms. The highest BCUT2D eigenvalue weighted by atomic mass is 16.5. The lowest BCUT2D eigenvalue weighted by molar-refractivity contribution is -0.0911. The van der Waals surface area contributed by atoms with Gasteiger partial charge in [-0.25, -0.2) is 0 Å². The lowest BCUT2D eigenvalue weighted by atomic mass is 9.89. The van der Waals surface area contributed by atoms with Crippen molar-refractivity contribution in [3.05, 3.63) is 28.8 Å². The molecule has 0 fully saturated rings. The second-order valence-electron chi connectivity index (χ2n) is 6.04. The number of ether oxygens (including phenoxy) is 1. The summed E-state index contributed by atoms with van der Waals surface area (Å²) in [5, 5.41) is 24.4. The van der Waals surface area contributed by atoms with Gasteiger partial charge in [-0.3, -0.25) is 0 Å². The molecule has 0 atom stereocenters. The van der Waals surface area contributed by atoms with Crippen LogP contribution in [0.5, 0.6) is 5.75 Å². The average Bonchev–Trinajstić information content (AvgIpc) is 2.23. The van der Waals surface area contributed by atoms with Crippen molar-refractivity contribution in [2.45, 2.75) is 59.7 Å². The molecule has 4 nitrogen and oxygen atoms in total. The summed E-state index contributed by atoms with van der Waals surface area (Å²) in [6.07, 6.45) is 0. The van der Waals surface area contributed by atoms with Crippen LogP contribution in [0.15, 0.2) is 12.1 Å². The van der Waals surface area contributed by atoms with Gasteiger partial charge in [-0.2, -0.15) is 0 Å². The molecule has 0 aliphatic rings. The molecule has 0 aliphatic heterocycles. The van der Waals surface area contributed by atoms with E-state index in [1.807, 2.05) is 27.7 Å². The fourth-order valence-electron chi connectivity index (χ4n) is 1.71. The van der Waals surface area contributed by atoms with Gasteiger partial charge in [-0.05, 0) is 59.6 Å². The Balaban J connectivity index is 0.00000110. The summed E-state index contributed by atoms with van der Waals surface area (Å²) in [6, 6.07) is 4.20. The van der Waals surface area contributed by atoms with Crippen molar-refractivity contribution in [3.8, 4) is 5.75 Å². The molecule has 1 rings (SSSR count). The Hall–Kier alpha value is -1.04. The largest absolute Gasteiger partial charge is 0.484 e. The first kappa shape index (κ1) is 19.0. The standard InChI is InChI=1S/C15H24O2.BH3O2/c1-10-8-11(2)13(12(3)9-10)17-15(6,7)14(4,5)16;2-1-3/h8-9,16H,1-7H3;1-3H. The summed E-state index contributed by atoms with van der Waals surface area (Å²) >= 11 is 0. The van der Waals surface area contributed by atoms with Crippen molar-refractivity contribution in [3.63, 3.8) is 0 Å². The van der Waals surface area contributed by atoms with Gasteiger partial charge < -0.3 is 19.9 Å². The van der Waals surface area contributed by atoms with Gasteiger partial charge in [0, 0.05) is 0 Å². The maximum absolute atomic E-state index is 10.1. The third kappa shape index (κ3) is 5.15. The zero-order valence-corrected chi connectivity index (χ0v) is 13.6. The van der Waals surface area contributed by atoms with Gasteiger partial charge in [0.05, 0.1) is 5.60 Å². The van der Waals surface area contributed by atoms with E-state index in [1.165, 1.54) is 5.56 Å². The van der Waals surface area contributed by atoms with Crippen LogP contribution in [0.3, 0.4) is 0 Å². The lowest BCUT2D eigenvalue weighted by Crippen LogP contribution is -2.49. The molecule has 0 spiro atoms. The van der Waals surface area contributed by atoms with Crippen LogP contribution in [0.4, 0.5) is 0 Å². The Kier molecular flexibility index (Phi) is 6.74. The molecule has 20 heavy (non-hydrogen) atoms. The number of benzene rings is 1. The van der Waals surface area contributed by atoms with Crippen molar-refractivity contribution < 1.29 is 19.9 Å². The summed E-state index contributed by atoms with van der Waals surface area (Å²) in [7, 11) is -0.750.